The summed E-state index contributed by atoms with van der Waals surface area (Å²) in [6, 6.07) is 8.35. The summed E-state index contributed by atoms with van der Waals surface area (Å²) in [5.41, 5.74) is 1.67. The number of piperazine rings is 1. The van der Waals surface area contributed by atoms with E-state index in [2.05, 4.69) is 26.3 Å². The zero-order chi connectivity index (χ0) is 19.8. The Bertz CT molecular complexity index is 923. The number of hydrogen-bond acceptors (Lipinski definition) is 7. The molecule has 0 unspecified atom stereocenters. The van der Waals surface area contributed by atoms with Gasteiger partial charge in [-0.15, -0.1) is 0 Å². The number of aromatic nitrogens is 2. The molecule has 29 heavy (non-hydrogen) atoms. The van der Waals surface area contributed by atoms with Crippen LogP contribution in [0, 0.1) is 6.92 Å². The summed E-state index contributed by atoms with van der Waals surface area (Å²) in [6.45, 7) is 6.00. The average molecular weight is 395 g/mol. The molecule has 1 aromatic heterocycles. The lowest BCUT2D eigenvalue weighted by Gasteiger charge is -2.34. The number of anilines is 1. The molecule has 3 aliphatic rings. The van der Waals surface area contributed by atoms with Crippen LogP contribution in [-0.2, 0) is 6.54 Å². The second-order valence-corrected chi connectivity index (χ2v) is 7.86. The molecule has 1 aromatic carbocycles. The van der Waals surface area contributed by atoms with Gasteiger partial charge >= 0.3 is 0 Å². The molecule has 1 saturated heterocycles. The third-order valence-electron chi connectivity index (χ3n) is 5.49. The van der Waals surface area contributed by atoms with Gasteiger partial charge in [-0.3, -0.25) is 9.69 Å². The quantitative estimate of drug-likeness (QED) is 0.830. The molecule has 1 aliphatic carbocycles. The number of carbonyl (C=O) groups excluding carboxylic acids is 1. The number of fused-ring (bicyclic) bond motifs is 1. The van der Waals surface area contributed by atoms with Crippen molar-refractivity contribution in [2.75, 3.05) is 38.3 Å². The van der Waals surface area contributed by atoms with Crippen molar-refractivity contribution in [2.45, 2.75) is 32.4 Å². The molecule has 1 amide bonds. The van der Waals surface area contributed by atoms with E-state index in [4.69, 9.17) is 9.47 Å². The molecule has 152 valence electrons. The Morgan fingerprint density at radius 2 is 1.90 bits per heavy atom. The number of benzene rings is 1. The van der Waals surface area contributed by atoms with Gasteiger partial charge in [-0.25, -0.2) is 9.97 Å². The van der Waals surface area contributed by atoms with E-state index in [1.807, 2.05) is 24.0 Å². The highest BCUT2D eigenvalue weighted by Gasteiger charge is 2.26. The van der Waals surface area contributed by atoms with Gasteiger partial charge in [-0.05, 0) is 37.5 Å². The minimum Gasteiger partial charge on any atom is -0.454 e. The minimum atomic E-state index is -0.0166. The van der Waals surface area contributed by atoms with Crippen molar-refractivity contribution >= 4 is 11.7 Å². The minimum absolute atomic E-state index is 0.0166. The lowest BCUT2D eigenvalue weighted by atomic mass is 10.1. The zero-order valence-corrected chi connectivity index (χ0v) is 16.6. The molecule has 5 rings (SSSR count). The predicted molar refractivity (Wildman–Crippen MR) is 107 cm³/mol. The highest BCUT2D eigenvalue weighted by Crippen LogP contribution is 2.33. The topological polar surface area (TPSA) is 79.8 Å². The molecule has 1 saturated carbocycles. The SMILES string of the molecule is Cc1nc(NC2CC2)cc(C(=O)N2CCN(Cc3ccc4c(c3)OCO4)CC2)n1. The van der Waals surface area contributed by atoms with Gasteiger partial charge in [0.2, 0.25) is 6.79 Å². The fraction of sp³-hybridized carbons (Fsp3) is 0.476. The molecule has 0 atom stereocenters. The highest BCUT2D eigenvalue weighted by molar-refractivity contribution is 5.93. The Hall–Kier alpha value is -2.87. The number of aryl methyl sites for hydroxylation is 1. The van der Waals surface area contributed by atoms with E-state index in [-0.39, 0.29) is 5.91 Å². The van der Waals surface area contributed by atoms with Crippen LogP contribution in [0.2, 0.25) is 0 Å². The standard InChI is InChI=1S/C21H25N5O3/c1-14-22-17(11-20(23-14)24-16-3-4-16)21(27)26-8-6-25(7-9-26)12-15-2-5-18-19(10-15)29-13-28-18/h2,5,10-11,16H,3-4,6-9,12-13H2,1H3,(H,22,23,24). The summed E-state index contributed by atoms with van der Waals surface area (Å²) in [5, 5.41) is 3.36. The summed E-state index contributed by atoms with van der Waals surface area (Å²) in [6.07, 6.45) is 2.33. The molecule has 2 aromatic rings. The molecule has 0 spiro atoms. The summed E-state index contributed by atoms with van der Waals surface area (Å²) in [5.74, 6) is 2.98. The van der Waals surface area contributed by atoms with Crippen LogP contribution >= 0.6 is 0 Å². The van der Waals surface area contributed by atoms with E-state index in [0.29, 0.717) is 37.4 Å². The van der Waals surface area contributed by atoms with Crippen LogP contribution in [0.15, 0.2) is 24.3 Å². The fourth-order valence-corrected chi connectivity index (χ4v) is 3.76. The maximum Gasteiger partial charge on any atom is 0.272 e. The summed E-state index contributed by atoms with van der Waals surface area (Å²) in [4.78, 5) is 26.0. The number of carbonyl (C=O) groups is 1. The van der Waals surface area contributed by atoms with E-state index < -0.39 is 0 Å². The highest BCUT2D eigenvalue weighted by atomic mass is 16.7. The maximum atomic E-state index is 13.0. The number of ether oxygens (including phenoxy) is 2. The first-order chi connectivity index (χ1) is 14.1. The number of nitrogens with zero attached hydrogens (tertiary/aromatic N) is 4. The summed E-state index contributed by atoms with van der Waals surface area (Å²) in [7, 11) is 0. The molecule has 3 heterocycles. The van der Waals surface area contributed by atoms with Gasteiger partial charge in [-0.1, -0.05) is 6.07 Å². The Balaban J connectivity index is 1.19. The summed E-state index contributed by atoms with van der Waals surface area (Å²) >= 11 is 0. The van der Waals surface area contributed by atoms with E-state index >= 15 is 0 Å². The van der Waals surface area contributed by atoms with Crippen molar-refractivity contribution in [2.24, 2.45) is 0 Å². The fourth-order valence-electron chi connectivity index (χ4n) is 3.76. The Labute approximate surface area is 169 Å². The lowest BCUT2D eigenvalue weighted by Crippen LogP contribution is -2.48. The Morgan fingerprint density at radius 1 is 1.10 bits per heavy atom. The maximum absolute atomic E-state index is 13.0. The van der Waals surface area contributed by atoms with Gasteiger partial charge in [0.05, 0.1) is 0 Å². The van der Waals surface area contributed by atoms with Gasteiger partial charge in [-0.2, -0.15) is 0 Å². The molecule has 2 aliphatic heterocycles. The number of rotatable bonds is 5. The largest absolute Gasteiger partial charge is 0.454 e. The van der Waals surface area contributed by atoms with E-state index in [9.17, 15) is 4.79 Å². The van der Waals surface area contributed by atoms with Crippen LogP contribution in [0.3, 0.4) is 0 Å². The van der Waals surface area contributed by atoms with Gasteiger partial charge in [0, 0.05) is 44.8 Å². The third kappa shape index (κ3) is 4.12. The van der Waals surface area contributed by atoms with Crippen molar-refractivity contribution in [3.63, 3.8) is 0 Å². The third-order valence-corrected chi connectivity index (χ3v) is 5.49. The smallest absolute Gasteiger partial charge is 0.272 e. The van der Waals surface area contributed by atoms with Crippen LogP contribution < -0.4 is 14.8 Å². The van der Waals surface area contributed by atoms with Gasteiger partial charge in [0.1, 0.15) is 17.3 Å². The monoisotopic (exact) mass is 395 g/mol. The molecule has 0 radical (unpaired) electrons. The molecule has 8 heteroatoms. The van der Waals surface area contributed by atoms with Crippen LogP contribution in [0.5, 0.6) is 11.5 Å². The molecule has 0 bridgehead atoms. The van der Waals surface area contributed by atoms with Crippen molar-refractivity contribution in [1.29, 1.82) is 0 Å². The predicted octanol–water partition coefficient (Wildman–Crippen LogP) is 2.05. The normalized spacial score (nSPS) is 18.7. The number of nitrogens with one attached hydrogen (secondary N) is 1. The average Bonchev–Trinajstić information content (AvgIpc) is 3.41. The first kappa shape index (κ1) is 18.2. The second-order valence-electron chi connectivity index (χ2n) is 7.86. The Morgan fingerprint density at radius 3 is 2.69 bits per heavy atom. The number of amides is 1. The first-order valence-electron chi connectivity index (χ1n) is 10.2. The van der Waals surface area contributed by atoms with E-state index in [1.165, 1.54) is 5.56 Å². The molecule has 2 fully saturated rings. The molecular formula is C21H25N5O3. The van der Waals surface area contributed by atoms with Gasteiger partial charge < -0.3 is 19.7 Å². The Kier molecular flexibility index (Phi) is 4.71. The van der Waals surface area contributed by atoms with E-state index in [0.717, 1.165) is 49.8 Å². The van der Waals surface area contributed by atoms with Crippen LogP contribution in [0.25, 0.3) is 0 Å². The van der Waals surface area contributed by atoms with Crippen molar-refractivity contribution in [3.05, 3.63) is 41.3 Å². The zero-order valence-electron chi connectivity index (χ0n) is 16.6. The second kappa shape index (κ2) is 7.51. The molecular weight excluding hydrogens is 370 g/mol. The summed E-state index contributed by atoms with van der Waals surface area (Å²) < 4.78 is 10.8. The lowest BCUT2D eigenvalue weighted by molar-refractivity contribution is 0.0622. The van der Waals surface area contributed by atoms with Crippen LogP contribution in [0.1, 0.15) is 34.7 Å². The molecule has 8 nitrogen and oxygen atoms in total. The first-order valence-corrected chi connectivity index (χ1v) is 10.2. The van der Waals surface area contributed by atoms with Gasteiger partial charge in [0.15, 0.2) is 11.5 Å². The van der Waals surface area contributed by atoms with Gasteiger partial charge in [0.25, 0.3) is 5.91 Å². The number of hydrogen-bond donors (Lipinski definition) is 1. The van der Waals surface area contributed by atoms with Crippen molar-refractivity contribution < 1.29 is 14.3 Å². The van der Waals surface area contributed by atoms with Crippen LogP contribution in [0.4, 0.5) is 5.82 Å². The van der Waals surface area contributed by atoms with Crippen molar-refractivity contribution in [3.8, 4) is 11.5 Å². The molecule has 1 N–H and O–H groups in total. The van der Waals surface area contributed by atoms with E-state index in [1.54, 1.807) is 6.07 Å². The van der Waals surface area contributed by atoms with Crippen LogP contribution in [-0.4, -0.2) is 64.7 Å². The van der Waals surface area contributed by atoms with Crippen molar-refractivity contribution in [1.82, 2.24) is 19.8 Å².